The number of anilines is 1. The van der Waals surface area contributed by atoms with Gasteiger partial charge < -0.3 is 25.5 Å². The third kappa shape index (κ3) is 4.30. The van der Waals surface area contributed by atoms with E-state index in [1.165, 1.54) is 23.8 Å². The predicted octanol–water partition coefficient (Wildman–Crippen LogP) is 1.12. The van der Waals surface area contributed by atoms with E-state index in [1.807, 2.05) is 0 Å². The lowest BCUT2D eigenvalue weighted by Crippen LogP contribution is -2.80. The minimum Gasteiger partial charge on any atom is -0.462 e. The van der Waals surface area contributed by atoms with Gasteiger partial charge in [0.2, 0.25) is 0 Å². The minimum absolute atomic E-state index is 0.139. The zero-order valence-electron chi connectivity index (χ0n) is 17.3. The maximum absolute atomic E-state index is 13.1. The first kappa shape index (κ1) is 22.8. The Bertz CT molecular complexity index is 973. The van der Waals surface area contributed by atoms with E-state index in [2.05, 4.69) is 22.0 Å². The number of hydrogen-bond donors (Lipinski definition) is 2. The number of carbonyl (C=O) groups excluding carboxylic acids is 3. The molecule has 3 rings (SSSR count). The summed E-state index contributed by atoms with van der Waals surface area (Å²) >= 11 is 2.58. The highest BCUT2D eigenvalue weighted by atomic mass is 32.2. The molecule has 0 spiro atoms. The number of aromatic nitrogens is 1. The van der Waals surface area contributed by atoms with Gasteiger partial charge >= 0.3 is 5.97 Å². The highest BCUT2D eigenvalue weighted by molar-refractivity contribution is 8.00. The standard InChI is InChI=1S/C19H23N5O5S2/c1-5-11-6-24-16(27)19(17(24)30-7-11,9-29-15(26)10(2)3)22-14(25)13(23-28-4)12-8-31-18(20)21-12/h5-6,8,10,17H,1,7,9H2,2-4H3,(H2,20,21)(H,22,25)/t17-,19?/m0/s1. The van der Waals surface area contributed by atoms with Crippen molar-refractivity contribution in [3.8, 4) is 0 Å². The van der Waals surface area contributed by atoms with Crippen LogP contribution in [0.15, 0.2) is 35.0 Å². The number of ether oxygens (including phenoxy) is 1. The van der Waals surface area contributed by atoms with Gasteiger partial charge in [-0.1, -0.05) is 31.7 Å². The van der Waals surface area contributed by atoms with Crippen LogP contribution < -0.4 is 11.1 Å². The van der Waals surface area contributed by atoms with Gasteiger partial charge in [0.25, 0.3) is 11.8 Å². The van der Waals surface area contributed by atoms with E-state index in [-0.39, 0.29) is 29.1 Å². The average molecular weight is 466 g/mol. The summed E-state index contributed by atoms with van der Waals surface area (Å²) in [5.74, 6) is -1.35. The fourth-order valence-electron chi connectivity index (χ4n) is 3.06. The first-order chi connectivity index (χ1) is 14.7. The zero-order valence-corrected chi connectivity index (χ0v) is 18.9. The Morgan fingerprint density at radius 2 is 2.29 bits per heavy atom. The van der Waals surface area contributed by atoms with Gasteiger partial charge in [-0.2, -0.15) is 0 Å². The molecule has 3 N–H and O–H groups in total. The van der Waals surface area contributed by atoms with Gasteiger partial charge in [-0.05, 0) is 5.57 Å². The zero-order chi connectivity index (χ0) is 22.8. The normalized spacial score (nSPS) is 22.9. The van der Waals surface area contributed by atoms with E-state index in [4.69, 9.17) is 15.3 Å². The molecule has 0 aromatic carbocycles. The molecule has 2 amide bonds. The minimum atomic E-state index is -1.45. The smallest absolute Gasteiger partial charge is 0.308 e. The van der Waals surface area contributed by atoms with Crippen LogP contribution in [0, 0.1) is 5.92 Å². The molecule has 0 radical (unpaired) electrons. The number of nitrogen functional groups attached to an aromatic ring is 1. The van der Waals surface area contributed by atoms with Crippen LogP contribution in [-0.2, 0) is 24.0 Å². The fourth-order valence-corrected chi connectivity index (χ4v) is 4.98. The van der Waals surface area contributed by atoms with Gasteiger partial charge in [0, 0.05) is 17.3 Å². The third-order valence-corrected chi connectivity index (χ3v) is 6.80. The summed E-state index contributed by atoms with van der Waals surface area (Å²) < 4.78 is 5.37. The lowest BCUT2D eigenvalue weighted by molar-refractivity contribution is -0.165. The van der Waals surface area contributed by atoms with Crippen molar-refractivity contribution in [3.05, 3.63) is 35.5 Å². The van der Waals surface area contributed by atoms with Gasteiger partial charge in [0.15, 0.2) is 16.4 Å². The number of β-lactam (4-membered cyclic amide) rings is 1. The second-order valence-corrected chi connectivity index (χ2v) is 9.12. The van der Waals surface area contributed by atoms with Crippen LogP contribution in [0.2, 0.25) is 0 Å². The molecule has 2 aliphatic rings. The molecule has 2 aliphatic heterocycles. The van der Waals surface area contributed by atoms with E-state index >= 15 is 0 Å². The van der Waals surface area contributed by atoms with Gasteiger partial charge in [-0.15, -0.1) is 23.1 Å². The highest BCUT2D eigenvalue weighted by Gasteiger charge is 2.63. The van der Waals surface area contributed by atoms with Crippen molar-refractivity contribution in [2.24, 2.45) is 11.1 Å². The number of allylic oxidation sites excluding steroid dienone is 1. The Balaban J connectivity index is 1.90. The van der Waals surface area contributed by atoms with Crippen molar-refractivity contribution in [3.63, 3.8) is 0 Å². The van der Waals surface area contributed by atoms with Crippen molar-refractivity contribution in [2.45, 2.75) is 24.8 Å². The second-order valence-electron chi connectivity index (χ2n) is 7.17. The number of thiazole rings is 1. The topological polar surface area (TPSA) is 136 Å². The van der Waals surface area contributed by atoms with Crippen LogP contribution in [-0.4, -0.2) is 63.8 Å². The number of nitrogens with two attached hydrogens (primary N) is 1. The molecule has 0 aliphatic carbocycles. The number of thioether (sulfide) groups is 1. The molecule has 2 atom stereocenters. The van der Waals surface area contributed by atoms with Crippen LogP contribution in [0.25, 0.3) is 0 Å². The Labute approximate surface area is 187 Å². The number of amides is 2. The summed E-state index contributed by atoms with van der Waals surface area (Å²) in [4.78, 5) is 48.7. The molecular weight excluding hydrogens is 442 g/mol. The summed E-state index contributed by atoms with van der Waals surface area (Å²) in [6.07, 6.45) is 3.36. The lowest BCUT2D eigenvalue weighted by atomic mass is 9.88. The molecule has 1 saturated heterocycles. The van der Waals surface area contributed by atoms with Crippen LogP contribution in [0.1, 0.15) is 19.5 Å². The van der Waals surface area contributed by atoms with Crippen molar-refractivity contribution in [2.75, 3.05) is 25.2 Å². The van der Waals surface area contributed by atoms with Crippen LogP contribution >= 0.6 is 23.1 Å². The molecule has 1 aromatic heterocycles. The summed E-state index contributed by atoms with van der Waals surface area (Å²) in [6.45, 7) is 6.80. The largest absolute Gasteiger partial charge is 0.462 e. The second kappa shape index (κ2) is 9.10. The molecule has 166 valence electrons. The Kier molecular flexibility index (Phi) is 6.70. The molecule has 1 fully saturated rings. The molecule has 1 unspecified atom stereocenters. The van der Waals surface area contributed by atoms with Crippen molar-refractivity contribution < 1.29 is 24.0 Å². The summed E-state index contributed by atoms with van der Waals surface area (Å²) in [7, 11) is 1.29. The fraction of sp³-hybridized carbons (Fsp3) is 0.421. The highest BCUT2D eigenvalue weighted by Crippen LogP contribution is 2.43. The van der Waals surface area contributed by atoms with Crippen molar-refractivity contribution >= 4 is 51.7 Å². The number of nitrogens with one attached hydrogen (secondary N) is 1. The van der Waals surface area contributed by atoms with Crippen LogP contribution in [0.3, 0.4) is 0 Å². The Morgan fingerprint density at radius 3 is 2.87 bits per heavy atom. The number of carbonyl (C=O) groups is 3. The van der Waals surface area contributed by atoms with Crippen LogP contribution in [0.5, 0.6) is 0 Å². The SMILES string of the molecule is C=CC1=CN2C(=O)C(COC(=O)C(C)C)(NC(=O)C(=NOC)c3csc(N)n3)[C@@H]2SC1. The first-order valence-electron chi connectivity index (χ1n) is 9.32. The molecule has 3 heterocycles. The monoisotopic (exact) mass is 465 g/mol. The first-order valence-corrected chi connectivity index (χ1v) is 11.3. The molecule has 31 heavy (non-hydrogen) atoms. The molecule has 12 heteroatoms. The van der Waals surface area contributed by atoms with Crippen molar-refractivity contribution in [1.82, 2.24) is 15.2 Å². The number of hydrogen-bond acceptors (Lipinski definition) is 10. The maximum Gasteiger partial charge on any atom is 0.308 e. The molecular formula is C19H23N5O5S2. The summed E-state index contributed by atoms with van der Waals surface area (Å²) in [5.41, 5.74) is 5.17. The van der Waals surface area contributed by atoms with E-state index < -0.39 is 28.7 Å². The number of nitrogens with zero attached hydrogens (tertiary/aromatic N) is 3. The molecule has 0 saturated carbocycles. The summed E-state index contributed by atoms with van der Waals surface area (Å²) in [6, 6.07) is 0. The number of oxime groups is 1. The van der Waals surface area contributed by atoms with Crippen LogP contribution in [0.4, 0.5) is 5.13 Å². The Morgan fingerprint density at radius 1 is 1.55 bits per heavy atom. The number of rotatable bonds is 8. The van der Waals surface area contributed by atoms with Gasteiger partial charge in [0.1, 0.15) is 24.8 Å². The van der Waals surface area contributed by atoms with Gasteiger partial charge in [-0.25, -0.2) is 4.98 Å². The van der Waals surface area contributed by atoms with E-state index in [0.717, 1.165) is 16.9 Å². The maximum atomic E-state index is 13.1. The Hall–Kier alpha value is -2.86. The van der Waals surface area contributed by atoms with Gasteiger partial charge in [0.05, 0.1) is 5.92 Å². The van der Waals surface area contributed by atoms with E-state index in [9.17, 15) is 14.4 Å². The van der Waals surface area contributed by atoms with Gasteiger partial charge in [-0.3, -0.25) is 14.4 Å². The third-order valence-electron chi connectivity index (χ3n) is 4.68. The predicted molar refractivity (Wildman–Crippen MR) is 118 cm³/mol. The molecule has 0 bridgehead atoms. The number of esters is 1. The lowest BCUT2D eigenvalue weighted by Gasteiger charge is -2.55. The molecule has 1 aromatic rings. The molecule has 10 nitrogen and oxygen atoms in total. The average Bonchev–Trinajstić information content (AvgIpc) is 3.19. The summed E-state index contributed by atoms with van der Waals surface area (Å²) in [5, 5.41) is 7.83. The van der Waals surface area contributed by atoms with E-state index in [1.54, 1.807) is 31.5 Å². The number of fused-ring (bicyclic) bond motifs is 1. The van der Waals surface area contributed by atoms with Crippen molar-refractivity contribution in [1.29, 1.82) is 0 Å². The quantitative estimate of drug-likeness (QED) is 0.252. The van der Waals surface area contributed by atoms with E-state index in [0.29, 0.717) is 5.75 Å².